The van der Waals surface area contributed by atoms with E-state index in [9.17, 15) is 23.1 Å². The highest BCUT2D eigenvalue weighted by Gasteiger charge is 2.40. The highest BCUT2D eigenvalue weighted by molar-refractivity contribution is 6.30. The fourth-order valence-electron chi connectivity index (χ4n) is 4.93. The molecule has 1 amide bonds. The SMILES string of the molecule is Cc1ccc2nc(C(F)(F)F)nc(N3CC(O)C(N4CCN(C(=O)c5ccc(Cl)cc5)CC4)C3)c2c1. The minimum atomic E-state index is -4.68. The molecule has 2 atom stereocenters. The van der Waals surface area contributed by atoms with E-state index in [-0.39, 0.29) is 29.8 Å². The van der Waals surface area contributed by atoms with Gasteiger partial charge in [-0.2, -0.15) is 13.2 Å². The maximum atomic E-state index is 13.5. The number of aliphatic hydroxyl groups excluding tert-OH is 1. The zero-order chi connectivity index (χ0) is 25.6. The molecule has 1 N–H and O–H groups in total. The number of rotatable bonds is 3. The maximum Gasteiger partial charge on any atom is 0.451 e. The van der Waals surface area contributed by atoms with Gasteiger partial charge in [0.2, 0.25) is 5.82 Å². The van der Waals surface area contributed by atoms with E-state index >= 15 is 0 Å². The van der Waals surface area contributed by atoms with Crippen LogP contribution in [0.4, 0.5) is 19.0 Å². The molecule has 3 aromatic rings. The van der Waals surface area contributed by atoms with Crippen LogP contribution in [0.5, 0.6) is 0 Å². The number of aryl methyl sites for hydroxylation is 1. The lowest BCUT2D eigenvalue weighted by molar-refractivity contribution is -0.144. The molecule has 2 saturated heterocycles. The zero-order valence-electron chi connectivity index (χ0n) is 19.5. The zero-order valence-corrected chi connectivity index (χ0v) is 20.3. The van der Waals surface area contributed by atoms with Crippen LogP contribution < -0.4 is 4.90 Å². The summed E-state index contributed by atoms with van der Waals surface area (Å²) in [6.45, 7) is 4.40. The van der Waals surface area contributed by atoms with E-state index < -0.39 is 18.1 Å². The van der Waals surface area contributed by atoms with E-state index in [0.29, 0.717) is 48.7 Å². The van der Waals surface area contributed by atoms with Crippen LogP contribution >= 0.6 is 11.6 Å². The number of hydrogen-bond acceptors (Lipinski definition) is 6. The van der Waals surface area contributed by atoms with Crippen molar-refractivity contribution >= 4 is 34.2 Å². The molecule has 0 saturated carbocycles. The average molecular weight is 520 g/mol. The number of nitrogens with zero attached hydrogens (tertiary/aromatic N) is 5. The molecule has 36 heavy (non-hydrogen) atoms. The first-order chi connectivity index (χ1) is 17.1. The van der Waals surface area contributed by atoms with Crippen LogP contribution in [0.3, 0.4) is 0 Å². The van der Waals surface area contributed by atoms with E-state index in [0.717, 1.165) is 5.56 Å². The number of carbonyl (C=O) groups is 1. The van der Waals surface area contributed by atoms with Gasteiger partial charge in [0.1, 0.15) is 5.82 Å². The van der Waals surface area contributed by atoms with Crippen molar-refractivity contribution in [2.45, 2.75) is 25.2 Å². The Hall–Kier alpha value is -2.95. The normalized spacial score (nSPS) is 21.4. The van der Waals surface area contributed by atoms with Crippen molar-refractivity contribution < 1.29 is 23.1 Å². The Labute approximate surface area is 211 Å². The summed E-state index contributed by atoms with van der Waals surface area (Å²) in [5.74, 6) is -1.10. The monoisotopic (exact) mass is 519 g/mol. The number of fused-ring (bicyclic) bond motifs is 1. The Morgan fingerprint density at radius 1 is 1.03 bits per heavy atom. The number of aliphatic hydroxyl groups is 1. The van der Waals surface area contributed by atoms with Gasteiger partial charge in [0, 0.05) is 55.2 Å². The molecule has 2 unspecified atom stereocenters. The number of anilines is 1. The second-order valence-electron chi connectivity index (χ2n) is 9.26. The van der Waals surface area contributed by atoms with E-state index in [1.807, 2.05) is 6.92 Å². The minimum absolute atomic E-state index is 0.0811. The standard InChI is InChI=1S/C25H25ClF3N5O2/c1-15-2-7-19-18(12-15)22(31-24(30-19)25(27,28)29)34-13-20(21(35)14-34)32-8-10-33(11-9-32)23(36)16-3-5-17(26)6-4-16/h2-7,12,20-21,35H,8-11,13-14H2,1H3. The molecule has 11 heteroatoms. The lowest BCUT2D eigenvalue weighted by Crippen LogP contribution is -2.54. The van der Waals surface area contributed by atoms with Crippen molar-refractivity contribution in [2.24, 2.45) is 0 Å². The number of amides is 1. The van der Waals surface area contributed by atoms with Crippen LogP contribution in [0.25, 0.3) is 10.9 Å². The summed E-state index contributed by atoms with van der Waals surface area (Å²) in [4.78, 5) is 26.0. The molecular formula is C25H25ClF3N5O2. The van der Waals surface area contributed by atoms with Gasteiger partial charge in [0.15, 0.2) is 0 Å². The lowest BCUT2D eigenvalue weighted by atomic mass is 10.1. The van der Waals surface area contributed by atoms with E-state index in [4.69, 9.17) is 11.6 Å². The van der Waals surface area contributed by atoms with Crippen molar-refractivity contribution in [1.82, 2.24) is 19.8 Å². The van der Waals surface area contributed by atoms with Gasteiger partial charge in [-0.25, -0.2) is 9.97 Å². The molecular weight excluding hydrogens is 495 g/mol. The maximum absolute atomic E-state index is 13.5. The number of aromatic nitrogens is 2. The number of hydrogen-bond donors (Lipinski definition) is 1. The van der Waals surface area contributed by atoms with E-state index in [1.54, 1.807) is 52.3 Å². The Kier molecular flexibility index (Phi) is 6.52. The van der Waals surface area contributed by atoms with Gasteiger partial charge in [-0.3, -0.25) is 9.69 Å². The lowest BCUT2D eigenvalue weighted by Gasteiger charge is -2.38. The fourth-order valence-corrected chi connectivity index (χ4v) is 5.05. The summed E-state index contributed by atoms with van der Waals surface area (Å²) in [6, 6.07) is 11.5. The van der Waals surface area contributed by atoms with Crippen molar-refractivity contribution in [1.29, 1.82) is 0 Å². The summed E-state index contributed by atoms with van der Waals surface area (Å²) in [7, 11) is 0. The molecule has 2 aliphatic heterocycles. The van der Waals surface area contributed by atoms with Crippen LogP contribution in [0.1, 0.15) is 21.7 Å². The summed E-state index contributed by atoms with van der Waals surface area (Å²) < 4.78 is 40.5. The first kappa shape index (κ1) is 24.7. The van der Waals surface area contributed by atoms with Crippen LogP contribution in [-0.2, 0) is 6.18 Å². The molecule has 2 aromatic carbocycles. The van der Waals surface area contributed by atoms with Crippen LogP contribution in [0, 0.1) is 6.92 Å². The molecule has 0 spiro atoms. The molecule has 5 rings (SSSR count). The molecule has 3 heterocycles. The first-order valence-corrected chi connectivity index (χ1v) is 12.1. The Bertz CT molecular complexity index is 1280. The molecule has 7 nitrogen and oxygen atoms in total. The Morgan fingerprint density at radius 3 is 2.39 bits per heavy atom. The third kappa shape index (κ3) is 4.85. The number of alkyl halides is 3. The summed E-state index contributed by atoms with van der Waals surface area (Å²) in [6.07, 6.45) is -5.45. The second-order valence-corrected chi connectivity index (χ2v) is 9.70. The minimum Gasteiger partial charge on any atom is -0.390 e. The third-order valence-electron chi connectivity index (χ3n) is 6.80. The highest BCUT2D eigenvalue weighted by atomic mass is 35.5. The number of benzene rings is 2. The van der Waals surface area contributed by atoms with Gasteiger partial charge >= 0.3 is 6.18 Å². The van der Waals surface area contributed by atoms with Gasteiger partial charge in [-0.15, -0.1) is 0 Å². The topological polar surface area (TPSA) is 72.8 Å². The first-order valence-electron chi connectivity index (χ1n) is 11.7. The third-order valence-corrected chi connectivity index (χ3v) is 7.06. The Balaban J connectivity index is 1.32. The van der Waals surface area contributed by atoms with Crippen LogP contribution in [0.2, 0.25) is 5.02 Å². The van der Waals surface area contributed by atoms with Gasteiger partial charge < -0.3 is 14.9 Å². The fraction of sp³-hybridized carbons (Fsp3) is 0.400. The number of halogens is 4. The molecule has 0 radical (unpaired) electrons. The van der Waals surface area contributed by atoms with Crippen molar-refractivity contribution in [3.05, 3.63) is 64.4 Å². The van der Waals surface area contributed by atoms with Gasteiger partial charge in [0.05, 0.1) is 17.7 Å². The summed E-state index contributed by atoms with van der Waals surface area (Å²) in [5, 5.41) is 11.9. The van der Waals surface area contributed by atoms with Crippen LogP contribution in [0.15, 0.2) is 42.5 Å². The molecule has 0 aliphatic carbocycles. The van der Waals surface area contributed by atoms with Gasteiger partial charge in [0.25, 0.3) is 5.91 Å². The average Bonchev–Trinajstić information content (AvgIpc) is 3.24. The van der Waals surface area contributed by atoms with Gasteiger partial charge in [-0.1, -0.05) is 23.2 Å². The number of carbonyl (C=O) groups excluding carboxylic acids is 1. The van der Waals surface area contributed by atoms with E-state index in [1.165, 1.54) is 0 Å². The smallest absolute Gasteiger partial charge is 0.390 e. The van der Waals surface area contributed by atoms with Gasteiger partial charge in [-0.05, 0) is 43.3 Å². The van der Waals surface area contributed by atoms with Crippen molar-refractivity contribution in [3.63, 3.8) is 0 Å². The summed E-state index contributed by atoms with van der Waals surface area (Å²) in [5.41, 5.74) is 1.65. The molecule has 1 aromatic heterocycles. The molecule has 190 valence electrons. The quantitative estimate of drug-likeness (QED) is 0.570. The molecule has 2 aliphatic rings. The number of piperazine rings is 1. The van der Waals surface area contributed by atoms with E-state index in [2.05, 4.69) is 14.9 Å². The largest absolute Gasteiger partial charge is 0.451 e. The molecule has 2 fully saturated rings. The predicted molar refractivity (Wildman–Crippen MR) is 130 cm³/mol. The predicted octanol–water partition coefficient (Wildman–Crippen LogP) is 3.62. The van der Waals surface area contributed by atoms with Crippen LogP contribution in [-0.4, -0.2) is 82.2 Å². The summed E-state index contributed by atoms with van der Waals surface area (Å²) >= 11 is 5.91. The number of β-amino-alcohol motifs (C(OH)–C–C–N with tert-alkyl or cyclic N) is 1. The second kappa shape index (κ2) is 9.49. The molecule has 0 bridgehead atoms. The van der Waals surface area contributed by atoms with Crippen molar-refractivity contribution in [3.8, 4) is 0 Å². The Morgan fingerprint density at radius 2 is 1.72 bits per heavy atom. The highest BCUT2D eigenvalue weighted by Crippen LogP contribution is 2.34. The van der Waals surface area contributed by atoms with Crippen molar-refractivity contribution in [2.75, 3.05) is 44.2 Å².